The molecule has 0 N–H and O–H groups in total. The topological polar surface area (TPSA) is 69.7 Å². The average molecular weight is 356 g/mol. The first-order valence-electron chi connectivity index (χ1n) is 4.11. The lowest BCUT2D eigenvalue weighted by atomic mass is 10.2. The van der Waals surface area contributed by atoms with Gasteiger partial charge in [0.05, 0.1) is 13.4 Å². The van der Waals surface area contributed by atoms with Crippen LogP contribution in [0.25, 0.3) is 0 Å². The largest absolute Gasteiger partial charge is 0.465 e. The summed E-state index contributed by atoms with van der Waals surface area (Å²) >= 11 is 2.00. The molecule has 88 valence electrons. The molecule has 0 aliphatic heterocycles. The molecule has 0 bridgehead atoms. The van der Waals surface area contributed by atoms with Crippen molar-refractivity contribution in [3.8, 4) is 5.75 Å². The maximum Gasteiger partial charge on any atom is 0.341 e. The first-order valence-corrected chi connectivity index (χ1v) is 7.00. The van der Waals surface area contributed by atoms with E-state index >= 15 is 0 Å². The molecule has 0 aromatic heterocycles. The quantitative estimate of drug-likeness (QED) is 0.466. The summed E-state index contributed by atoms with van der Waals surface area (Å²) < 4.78 is 31.9. The van der Waals surface area contributed by atoms with Gasteiger partial charge >= 0.3 is 16.1 Å². The number of carbonyl (C=O) groups is 1. The Labute approximate surface area is 107 Å². The van der Waals surface area contributed by atoms with Crippen molar-refractivity contribution in [2.24, 2.45) is 0 Å². The van der Waals surface area contributed by atoms with E-state index in [0.717, 1.165) is 9.83 Å². The molecule has 0 fully saturated rings. The molecule has 0 aliphatic carbocycles. The van der Waals surface area contributed by atoms with Crippen LogP contribution in [0.3, 0.4) is 0 Å². The minimum Gasteiger partial charge on any atom is -0.465 e. The average Bonchev–Trinajstić information content (AvgIpc) is 2.17. The van der Waals surface area contributed by atoms with Crippen LogP contribution in [0, 0.1) is 3.57 Å². The molecular formula is C9H9IO5S. The van der Waals surface area contributed by atoms with Gasteiger partial charge < -0.3 is 8.92 Å². The molecule has 1 aromatic carbocycles. The number of ether oxygens (including phenoxy) is 1. The lowest BCUT2D eigenvalue weighted by molar-refractivity contribution is 0.0599. The second-order valence-corrected chi connectivity index (χ2v) is 5.74. The normalized spacial score (nSPS) is 10.9. The van der Waals surface area contributed by atoms with Gasteiger partial charge in [-0.2, -0.15) is 8.42 Å². The molecule has 0 spiro atoms. The van der Waals surface area contributed by atoms with Gasteiger partial charge in [0.15, 0.2) is 5.75 Å². The minimum atomic E-state index is -3.66. The molecule has 0 radical (unpaired) electrons. The van der Waals surface area contributed by atoms with Crippen LogP contribution in [-0.4, -0.2) is 27.8 Å². The van der Waals surface area contributed by atoms with Gasteiger partial charge in [0.25, 0.3) is 0 Å². The highest BCUT2D eigenvalue weighted by Gasteiger charge is 2.16. The van der Waals surface area contributed by atoms with Gasteiger partial charge in [-0.1, -0.05) is 0 Å². The Morgan fingerprint density at radius 2 is 2.00 bits per heavy atom. The van der Waals surface area contributed by atoms with E-state index in [4.69, 9.17) is 0 Å². The number of esters is 1. The van der Waals surface area contributed by atoms with Gasteiger partial charge in [-0.25, -0.2) is 4.79 Å². The second kappa shape index (κ2) is 5.00. The molecule has 5 nitrogen and oxygen atoms in total. The fraction of sp³-hybridized carbons (Fsp3) is 0.222. The fourth-order valence-corrected chi connectivity index (χ4v) is 1.97. The van der Waals surface area contributed by atoms with E-state index in [1.54, 1.807) is 6.07 Å². The first kappa shape index (κ1) is 13.2. The molecule has 0 unspecified atom stereocenters. The molecule has 1 rings (SSSR count). The summed E-state index contributed by atoms with van der Waals surface area (Å²) in [5, 5.41) is 0. The van der Waals surface area contributed by atoms with Crippen LogP contribution in [0.1, 0.15) is 10.4 Å². The van der Waals surface area contributed by atoms with Gasteiger partial charge in [-0.3, -0.25) is 0 Å². The number of carbonyl (C=O) groups excluding carboxylic acids is 1. The highest BCUT2D eigenvalue weighted by molar-refractivity contribution is 14.1. The third-order valence-corrected chi connectivity index (χ3v) is 2.74. The number of hydrogen-bond donors (Lipinski definition) is 0. The molecule has 0 heterocycles. The Hall–Kier alpha value is -0.830. The van der Waals surface area contributed by atoms with E-state index in [2.05, 4.69) is 8.92 Å². The number of hydrogen-bond acceptors (Lipinski definition) is 5. The van der Waals surface area contributed by atoms with Gasteiger partial charge in [-0.05, 0) is 40.8 Å². The van der Waals surface area contributed by atoms with E-state index in [1.165, 1.54) is 19.2 Å². The third-order valence-electron chi connectivity index (χ3n) is 1.59. The zero-order valence-corrected chi connectivity index (χ0v) is 11.5. The highest BCUT2D eigenvalue weighted by atomic mass is 127. The van der Waals surface area contributed by atoms with E-state index in [0.29, 0.717) is 0 Å². The van der Waals surface area contributed by atoms with Crippen molar-refractivity contribution < 1.29 is 22.1 Å². The number of halogens is 1. The van der Waals surface area contributed by atoms with Crippen molar-refractivity contribution in [3.05, 3.63) is 27.3 Å². The Balaban J connectivity index is 3.23. The smallest absolute Gasteiger partial charge is 0.341 e. The standard InChI is InChI=1S/C9H9IO5S/c1-14-9(11)7-5-6(10)3-4-8(7)15-16(2,12)13/h3-5H,1-2H3. The third kappa shape index (κ3) is 3.63. The highest BCUT2D eigenvalue weighted by Crippen LogP contribution is 2.23. The summed E-state index contributed by atoms with van der Waals surface area (Å²) in [4.78, 5) is 11.4. The molecule has 1 aromatic rings. The molecule has 0 saturated carbocycles. The molecule has 0 amide bonds. The Bertz CT molecular complexity index is 509. The van der Waals surface area contributed by atoms with Gasteiger partial charge in [-0.15, -0.1) is 0 Å². The maximum absolute atomic E-state index is 11.4. The molecule has 7 heteroatoms. The van der Waals surface area contributed by atoms with Crippen LogP contribution in [0.2, 0.25) is 0 Å². The van der Waals surface area contributed by atoms with Crippen molar-refractivity contribution in [1.29, 1.82) is 0 Å². The SMILES string of the molecule is COC(=O)c1cc(I)ccc1OS(C)(=O)=O. The van der Waals surface area contributed by atoms with Crippen LogP contribution >= 0.6 is 22.6 Å². The Morgan fingerprint density at radius 3 is 2.50 bits per heavy atom. The lowest BCUT2D eigenvalue weighted by Crippen LogP contribution is -2.11. The zero-order valence-electron chi connectivity index (χ0n) is 8.56. The summed E-state index contributed by atoms with van der Waals surface area (Å²) in [6, 6.07) is 4.54. The summed E-state index contributed by atoms with van der Waals surface area (Å²) in [7, 11) is -2.45. The summed E-state index contributed by atoms with van der Waals surface area (Å²) in [6.07, 6.45) is 0.909. The Morgan fingerprint density at radius 1 is 1.38 bits per heavy atom. The first-order chi connectivity index (χ1) is 7.33. The zero-order chi connectivity index (χ0) is 12.3. The molecular weight excluding hydrogens is 347 g/mol. The predicted octanol–water partition coefficient (Wildman–Crippen LogP) is 1.42. The van der Waals surface area contributed by atoms with Crippen molar-refractivity contribution in [2.45, 2.75) is 0 Å². The van der Waals surface area contributed by atoms with E-state index < -0.39 is 16.1 Å². The second-order valence-electron chi connectivity index (χ2n) is 2.92. The van der Waals surface area contributed by atoms with E-state index in [-0.39, 0.29) is 11.3 Å². The lowest BCUT2D eigenvalue weighted by Gasteiger charge is -2.08. The van der Waals surface area contributed by atoms with Crippen LogP contribution in [0.15, 0.2) is 18.2 Å². The number of benzene rings is 1. The number of rotatable bonds is 3. The molecule has 16 heavy (non-hydrogen) atoms. The summed E-state index contributed by atoms with van der Waals surface area (Å²) in [6.45, 7) is 0. The van der Waals surface area contributed by atoms with Crippen molar-refractivity contribution >= 4 is 38.7 Å². The van der Waals surface area contributed by atoms with Gasteiger partial charge in [0, 0.05) is 3.57 Å². The van der Waals surface area contributed by atoms with Crippen LogP contribution < -0.4 is 4.18 Å². The van der Waals surface area contributed by atoms with Gasteiger partial charge in [0.2, 0.25) is 0 Å². The predicted molar refractivity (Wildman–Crippen MR) is 66.0 cm³/mol. The Kier molecular flexibility index (Phi) is 4.14. The molecule has 0 saturated heterocycles. The van der Waals surface area contributed by atoms with Crippen molar-refractivity contribution in [1.82, 2.24) is 0 Å². The van der Waals surface area contributed by atoms with Crippen molar-refractivity contribution in [2.75, 3.05) is 13.4 Å². The van der Waals surface area contributed by atoms with E-state index in [9.17, 15) is 13.2 Å². The molecule has 0 atom stereocenters. The monoisotopic (exact) mass is 356 g/mol. The van der Waals surface area contributed by atoms with Gasteiger partial charge in [0.1, 0.15) is 5.56 Å². The maximum atomic E-state index is 11.4. The summed E-state index contributed by atoms with van der Waals surface area (Å²) in [5.74, 6) is -0.674. The fourth-order valence-electron chi connectivity index (χ4n) is 1.01. The van der Waals surface area contributed by atoms with Crippen LogP contribution in [-0.2, 0) is 14.9 Å². The number of methoxy groups -OCH3 is 1. The molecule has 0 aliphatic rings. The van der Waals surface area contributed by atoms with Crippen molar-refractivity contribution in [3.63, 3.8) is 0 Å². The van der Waals surface area contributed by atoms with E-state index in [1.807, 2.05) is 22.6 Å². The minimum absolute atomic E-state index is 0.0326. The van der Waals surface area contributed by atoms with Crippen LogP contribution in [0.5, 0.6) is 5.75 Å². The summed E-state index contributed by atoms with van der Waals surface area (Å²) in [5.41, 5.74) is 0.0832. The van der Waals surface area contributed by atoms with Crippen LogP contribution in [0.4, 0.5) is 0 Å².